The lowest BCUT2D eigenvalue weighted by molar-refractivity contribution is -0.150. The van der Waals surface area contributed by atoms with Gasteiger partial charge in [0.05, 0.1) is 6.61 Å². The molecule has 1 fully saturated rings. The lowest BCUT2D eigenvalue weighted by Crippen LogP contribution is -2.51. The molecule has 0 bridgehead atoms. The van der Waals surface area contributed by atoms with Gasteiger partial charge in [-0.15, -0.1) is 0 Å². The Kier molecular flexibility index (Phi) is 9.84. The predicted molar refractivity (Wildman–Crippen MR) is 150 cm³/mol. The van der Waals surface area contributed by atoms with Crippen LogP contribution in [0, 0.1) is 6.92 Å². The Balaban J connectivity index is 2.56. The molecule has 1 aliphatic rings. The van der Waals surface area contributed by atoms with Gasteiger partial charge in [-0.3, -0.25) is 9.36 Å². The minimum atomic E-state index is -2.44. The van der Waals surface area contributed by atoms with Gasteiger partial charge in [-0.1, -0.05) is 41.5 Å². The molecule has 218 valence electrons. The SMILES string of the molecule is CNOC(=O)Cn1c(=O)c(C)cn([C@@H]2O[C@H](CO[Si](C)(C)C(C)(C)C)[C@@H](O)[C@H]2O[Si](C)(C)C(C)(C)C)c1=O. The van der Waals surface area contributed by atoms with Crippen molar-refractivity contribution >= 4 is 22.6 Å². The van der Waals surface area contributed by atoms with Gasteiger partial charge < -0.3 is 23.5 Å². The van der Waals surface area contributed by atoms with Crippen LogP contribution < -0.4 is 16.7 Å². The first kappa shape index (κ1) is 32.6. The lowest BCUT2D eigenvalue weighted by Gasteiger charge is -2.40. The molecule has 38 heavy (non-hydrogen) atoms. The average Bonchev–Trinajstić information content (AvgIpc) is 3.05. The molecule has 13 heteroatoms. The van der Waals surface area contributed by atoms with E-state index in [9.17, 15) is 19.5 Å². The van der Waals surface area contributed by atoms with E-state index in [2.05, 4.69) is 73.2 Å². The van der Waals surface area contributed by atoms with Gasteiger partial charge in [0, 0.05) is 18.8 Å². The van der Waals surface area contributed by atoms with E-state index in [1.165, 1.54) is 17.8 Å². The second-order valence-electron chi connectivity index (χ2n) is 13.0. The van der Waals surface area contributed by atoms with Crippen molar-refractivity contribution in [3.8, 4) is 0 Å². The zero-order valence-corrected chi connectivity index (χ0v) is 27.0. The van der Waals surface area contributed by atoms with Gasteiger partial charge in [0.15, 0.2) is 22.9 Å². The highest BCUT2D eigenvalue weighted by atomic mass is 28.4. The first-order valence-corrected chi connectivity index (χ1v) is 18.8. The highest BCUT2D eigenvalue weighted by molar-refractivity contribution is 6.74. The first-order valence-electron chi connectivity index (χ1n) is 13.0. The molecule has 2 heterocycles. The number of rotatable bonds is 9. The van der Waals surface area contributed by atoms with Crippen LogP contribution in [0.15, 0.2) is 15.8 Å². The monoisotopic (exact) mass is 573 g/mol. The Morgan fingerprint density at radius 2 is 1.63 bits per heavy atom. The van der Waals surface area contributed by atoms with Crippen LogP contribution in [0.3, 0.4) is 0 Å². The van der Waals surface area contributed by atoms with Crippen LogP contribution in [0.2, 0.25) is 36.3 Å². The largest absolute Gasteiger partial charge is 0.414 e. The summed E-state index contributed by atoms with van der Waals surface area (Å²) in [5.74, 6) is -0.800. The Bertz CT molecular complexity index is 1120. The van der Waals surface area contributed by atoms with Crippen molar-refractivity contribution in [1.29, 1.82) is 0 Å². The van der Waals surface area contributed by atoms with E-state index in [0.717, 1.165) is 4.57 Å². The van der Waals surface area contributed by atoms with Gasteiger partial charge in [0.2, 0.25) is 0 Å². The minimum absolute atomic E-state index is 0.0432. The molecule has 0 aromatic carbocycles. The number of hydrogen-bond donors (Lipinski definition) is 2. The number of aliphatic hydroxyl groups is 1. The van der Waals surface area contributed by atoms with E-state index in [0.29, 0.717) is 0 Å². The molecule has 0 aliphatic carbocycles. The summed E-state index contributed by atoms with van der Waals surface area (Å²) in [5.41, 5.74) is 1.10. The molecule has 1 aliphatic heterocycles. The third kappa shape index (κ3) is 6.93. The Morgan fingerprint density at radius 1 is 1.08 bits per heavy atom. The molecule has 0 radical (unpaired) electrons. The number of hydrogen-bond acceptors (Lipinski definition) is 9. The molecule has 0 amide bonds. The Labute approximate surface area is 227 Å². The summed E-state index contributed by atoms with van der Waals surface area (Å²) in [6, 6.07) is 0. The van der Waals surface area contributed by atoms with Crippen LogP contribution in [0.1, 0.15) is 53.3 Å². The number of aromatic nitrogens is 2. The normalized spacial score (nSPS) is 23.1. The summed E-state index contributed by atoms with van der Waals surface area (Å²) in [4.78, 5) is 43.1. The number of ether oxygens (including phenoxy) is 1. The van der Waals surface area contributed by atoms with E-state index < -0.39 is 64.9 Å². The van der Waals surface area contributed by atoms with Crippen molar-refractivity contribution in [3.05, 3.63) is 32.6 Å². The fourth-order valence-corrected chi connectivity index (χ4v) is 5.89. The van der Waals surface area contributed by atoms with Crippen molar-refractivity contribution < 1.29 is 28.3 Å². The summed E-state index contributed by atoms with van der Waals surface area (Å²) in [6.07, 6.45) is -2.38. The maximum atomic E-state index is 13.5. The Morgan fingerprint density at radius 3 is 2.13 bits per heavy atom. The van der Waals surface area contributed by atoms with E-state index in [4.69, 9.17) is 18.4 Å². The van der Waals surface area contributed by atoms with Crippen LogP contribution in [0.4, 0.5) is 0 Å². The fourth-order valence-electron chi connectivity index (χ4n) is 3.59. The maximum Gasteiger partial charge on any atom is 0.344 e. The van der Waals surface area contributed by atoms with Crippen LogP contribution in [-0.4, -0.2) is 68.8 Å². The summed E-state index contributed by atoms with van der Waals surface area (Å²) < 4.78 is 21.3. The van der Waals surface area contributed by atoms with E-state index >= 15 is 0 Å². The topological polar surface area (TPSA) is 130 Å². The van der Waals surface area contributed by atoms with Gasteiger partial charge in [-0.25, -0.2) is 14.2 Å². The molecule has 11 nitrogen and oxygen atoms in total. The number of carbonyl (C=O) groups excluding carboxylic acids is 1. The summed E-state index contributed by atoms with van der Waals surface area (Å²) in [7, 11) is -3.19. The fraction of sp³-hybridized carbons (Fsp3) is 0.800. The predicted octanol–water partition coefficient (Wildman–Crippen LogP) is 2.67. The van der Waals surface area contributed by atoms with Crippen LogP contribution in [0.5, 0.6) is 0 Å². The molecule has 2 rings (SSSR count). The average molecular weight is 574 g/mol. The van der Waals surface area contributed by atoms with Crippen molar-refractivity contribution in [2.75, 3.05) is 13.7 Å². The van der Waals surface area contributed by atoms with E-state index in [-0.39, 0.29) is 22.2 Å². The maximum absolute atomic E-state index is 13.5. The quantitative estimate of drug-likeness (QED) is 0.338. The third-order valence-electron chi connectivity index (χ3n) is 8.11. The second kappa shape index (κ2) is 11.5. The van der Waals surface area contributed by atoms with E-state index in [1.807, 2.05) is 0 Å². The summed E-state index contributed by atoms with van der Waals surface area (Å²) in [5, 5.41) is 11.2. The summed E-state index contributed by atoms with van der Waals surface area (Å²) in [6.45, 7) is 22.1. The third-order valence-corrected chi connectivity index (χ3v) is 17.1. The van der Waals surface area contributed by atoms with Crippen molar-refractivity contribution in [2.24, 2.45) is 0 Å². The van der Waals surface area contributed by atoms with Gasteiger partial charge >= 0.3 is 11.7 Å². The van der Waals surface area contributed by atoms with Gasteiger partial charge in [-0.2, -0.15) is 5.48 Å². The molecule has 1 aromatic rings. The molecule has 0 saturated carbocycles. The molecule has 1 saturated heterocycles. The molecule has 1 aromatic heterocycles. The molecule has 2 N–H and O–H groups in total. The molecular weight excluding hydrogens is 526 g/mol. The number of nitrogens with zero attached hydrogens (tertiary/aromatic N) is 2. The summed E-state index contributed by atoms with van der Waals surface area (Å²) >= 11 is 0. The van der Waals surface area contributed by atoms with Crippen LogP contribution in [0.25, 0.3) is 0 Å². The molecule has 0 unspecified atom stereocenters. The highest BCUT2D eigenvalue weighted by Gasteiger charge is 2.51. The molecular formula is C25H47N3O8Si2. The number of nitrogens with one attached hydrogen (secondary N) is 1. The minimum Gasteiger partial charge on any atom is -0.414 e. The standard InChI is InChI=1S/C25H47N3O8Si2/c1-16-13-28(23(32)27(21(16)31)14-18(29)35-26-8)22-20(36-38(11,12)25(5,6)7)19(30)17(34-22)15-33-37(9,10)24(2,3)4/h13,17,19-20,22,26,30H,14-15H2,1-12H3/t17-,19-,20-,22-/m1/s1. The number of aryl methyl sites for hydroxylation is 1. The smallest absolute Gasteiger partial charge is 0.344 e. The number of hydroxylamine groups is 1. The van der Waals surface area contributed by atoms with Crippen molar-refractivity contribution in [3.63, 3.8) is 0 Å². The zero-order valence-electron chi connectivity index (χ0n) is 25.0. The molecule has 4 atom stereocenters. The first-order chi connectivity index (χ1) is 17.1. The number of carbonyl (C=O) groups is 1. The van der Waals surface area contributed by atoms with Crippen LogP contribution in [-0.2, 0) is 29.8 Å². The van der Waals surface area contributed by atoms with E-state index in [1.54, 1.807) is 6.92 Å². The lowest BCUT2D eigenvalue weighted by atomic mass is 10.1. The second-order valence-corrected chi connectivity index (χ2v) is 22.6. The van der Waals surface area contributed by atoms with Crippen LogP contribution >= 0.6 is 0 Å². The Hall–Kier alpha value is -1.62. The van der Waals surface area contributed by atoms with Gasteiger partial charge in [0.1, 0.15) is 24.9 Å². The number of aliphatic hydroxyl groups excluding tert-OH is 1. The van der Waals surface area contributed by atoms with Gasteiger partial charge in [-0.05, 0) is 43.2 Å². The molecule has 0 spiro atoms. The zero-order chi connectivity index (χ0) is 29.4. The van der Waals surface area contributed by atoms with Crippen molar-refractivity contribution in [2.45, 2.75) is 116 Å². The van der Waals surface area contributed by atoms with Crippen molar-refractivity contribution in [1.82, 2.24) is 14.6 Å². The highest BCUT2D eigenvalue weighted by Crippen LogP contribution is 2.42. The van der Waals surface area contributed by atoms with Gasteiger partial charge in [0.25, 0.3) is 5.56 Å².